The molecule has 0 saturated carbocycles. The van der Waals surface area contributed by atoms with Crippen molar-refractivity contribution in [3.63, 3.8) is 0 Å². The van der Waals surface area contributed by atoms with Crippen molar-refractivity contribution in [2.45, 2.75) is 12.1 Å². The van der Waals surface area contributed by atoms with Gasteiger partial charge in [0.1, 0.15) is 0 Å². The summed E-state index contributed by atoms with van der Waals surface area (Å²) in [6, 6.07) is 22.2. The maximum Gasteiger partial charge on any atom is 0.250 e. The first-order valence-electron chi connectivity index (χ1n) is 10.1. The molecule has 0 aliphatic heterocycles. The normalized spacial score (nSPS) is 11.5. The predicted molar refractivity (Wildman–Crippen MR) is 139 cm³/mol. The number of hydrazone groups is 1. The maximum atomic E-state index is 12.5. The Bertz CT molecular complexity index is 1340. The van der Waals surface area contributed by atoms with Crippen molar-refractivity contribution in [2.75, 3.05) is 5.75 Å². The van der Waals surface area contributed by atoms with E-state index in [1.807, 2.05) is 47.0 Å². The number of carbonyl (C=O) groups excluding carboxylic acids is 1. The number of nitrogens with one attached hydrogen (secondary N) is 1. The van der Waals surface area contributed by atoms with E-state index in [0.717, 1.165) is 11.3 Å². The van der Waals surface area contributed by atoms with Crippen LogP contribution in [0.1, 0.15) is 12.5 Å². The van der Waals surface area contributed by atoms with E-state index < -0.39 is 0 Å². The SMILES string of the molecule is C/C(=N\NC(=O)CSc1nnc(-c2ccccc2)n1-c1ccc(Cl)cc1)c1ccc(Cl)cc1Cl. The molecular formula is C24H18Cl3N5OS. The third-order valence-electron chi connectivity index (χ3n) is 4.75. The average molecular weight is 531 g/mol. The van der Waals surface area contributed by atoms with Crippen molar-refractivity contribution in [3.8, 4) is 17.1 Å². The number of hydrogen-bond acceptors (Lipinski definition) is 5. The number of carbonyl (C=O) groups is 1. The zero-order chi connectivity index (χ0) is 24.1. The minimum absolute atomic E-state index is 0.0889. The van der Waals surface area contributed by atoms with E-state index in [4.69, 9.17) is 34.8 Å². The first kappa shape index (κ1) is 24.3. The fourth-order valence-corrected chi connectivity index (χ4v) is 4.53. The third kappa shape index (κ3) is 5.80. The lowest BCUT2D eigenvalue weighted by Gasteiger charge is -2.10. The molecule has 1 heterocycles. The van der Waals surface area contributed by atoms with Crippen molar-refractivity contribution in [2.24, 2.45) is 5.10 Å². The quantitative estimate of drug-likeness (QED) is 0.168. The minimum Gasteiger partial charge on any atom is -0.272 e. The van der Waals surface area contributed by atoms with Crippen molar-refractivity contribution in [1.29, 1.82) is 0 Å². The number of thioether (sulfide) groups is 1. The van der Waals surface area contributed by atoms with Crippen molar-refractivity contribution >= 4 is 58.2 Å². The topological polar surface area (TPSA) is 72.2 Å². The van der Waals surface area contributed by atoms with Crippen molar-refractivity contribution in [1.82, 2.24) is 20.2 Å². The second kappa shape index (κ2) is 11.1. The first-order chi connectivity index (χ1) is 16.4. The summed E-state index contributed by atoms with van der Waals surface area (Å²) in [6.07, 6.45) is 0. The van der Waals surface area contributed by atoms with E-state index in [0.29, 0.717) is 37.3 Å². The summed E-state index contributed by atoms with van der Waals surface area (Å²) in [5.41, 5.74) is 5.55. The summed E-state index contributed by atoms with van der Waals surface area (Å²) in [7, 11) is 0. The van der Waals surface area contributed by atoms with Gasteiger partial charge in [0, 0.05) is 26.9 Å². The molecule has 3 aromatic carbocycles. The van der Waals surface area contributed by atoms with Gasteiger partial charge in [-0.15, -0.1) is 10.2 Å². The Labute approximate surface area is 215 Å². The van der Waals surface area contributed by atoms with Crippen LogP contribution in [0.25, 0.3) is 17.1 Å². The molecule has 10 heteroatoms. The molecule has 0 radical (unpaired) electrons. The number of rotatable bonds is 7. The molecule has 0 atom stereocenters. The fraction of sp³-hybridized carbons (Fsp3) is 0.0833. The minimum atomic E-state index is -0.290. The van der Waals surface area contributed by atoms with Gasteiger partial charge in [-0.3, -0.25) is 9.36 Å². The lowest BCUT2D eigenvalue weighted by molar-refractivity contribution is -0.118. The van der Waals surface area contributed by atoms with E-state index in [-0.39, 0.29) is 11.7 Å². The number of aromatic nitrogens is 3. The second-order valence-corrected chi connectivity index (χ2v) is 9.35. The van der Waals surface area contributed by atoms with Gasteiger partial charge in [0.15, 0.2) is 11.0 Å². The van der Waals surface area contributed by atoms with Crippen LogP contribution in [0, 0.1) is 0 Å². The van der Waals surface area contributed by atoms with Gasteiger partial charge in [-0.05, 0) is 43.3 Å². The average Bonchev–Trinajstić information content (AvgIpc) is 3.26. The smallest absolute Gasteiger partial charge is 0.250 e. The first-order valence-corrected chi connectivity index (χ1v) is 12.2. The largest absolute Gasteiger partial charge is 0.272 e. The number of nitrogens with zero attached hydrogens (tertiary/aromatic N) is 4. The molecule has 6 nitrogen and oxygen atoms in total. The molecule has 0 saturated heterocycles. The van der Waals surface area contributed by atoms with Gasteiger partial charge in [-0.25, -0.2) is 5.43 Å². The maximum absolute atomic E-state index is 12.5. The second-order valence-electron chi connectivity index (χ2n) is 7.13. The van der Waals surface area contributed by atoms with Crippen LogP contribution in [0.2, 0.25) is 15.1 Å². The van der Waals surface area contributed by atoms with E-state index in [2.05, 4.69) is 20.7 Å². The highest BCUT2D eigenvalue weighted by molar-refractivity contribution is 7.99. The molecule has 0 bridgehead atoms. The van der Waals surface area contributed by atoms with Crippen LogP contribution in [0.4, 0.5) is 0 Å². The van der Waals surface area contributed by atoms with E-state index in [9.17, 15) is 4.79 Å². The highest BCUT2D eigenvalue weighted by Gasteiger charge is 2.17. The van der Waals surface area contributed by atoms with Crippen LogP contribution in [0.3, 0.4) is 0 Å². The summed E-state index contributed by atoms with van der Waals surface area (Å²) in [4.78, 5) is 12.5. The number of halogens is 3. The molecule has 1 aromatic heterocycles. The van der Waals surface area contributed by atoms with Crippen LogP contribution in [0.5, 0.6) is 0 Å². The molecule has 4 rings (SSSR count). The molecule has 172 valence electrons. The molecule has 0 aliphatic rings. The van der Waals surface area contributed by atoms with Crippen LogP contribution in [-0.4, -0.2) is 32.1 Å². The van der Waals surface area contributed by atoms with E-state index in [1.165, 1.54) is 11.8 Å². The van der Waals surface area contributed by atoms with Gasteiger partial charge in [-0.2, -0.15) is 5.10 Å². The number of hydrogen-bond donors (Lipinski definition) is 1. The Hall–Kier alpha value is -2.84. The fourth-order valence-electron chi connectivity index (χ4n) is 3.11. The van der Waals surface area contributed by atoms with Gasteiger partial charge in [0.2, 0.25) is 0 Å². The number of amides is 1. The van der Waals surface area contributed by atoms with Crippen LogP contribution < -0.4 is 5.43 Å². The highest BCUT2D eigenvalue weighted by atomic mass is 35.5. The Morgan fingerprint density at radius 2 is 1.68 bits per heavy atom. The molecule has 0 fully saturated rings. The summed E-state index contributed by atoms with van der Waals surface area (Å²) in [6.45, 7) is 1.76. The molecule has 0 unspecified atom stereocenters. The van der Waals surface area contributed by atoms with Gasteiger partial charge >= 0.3 is 0 Å². The highest BCUT2D eigenvalue weighted by Crippen LogP contribution is 2.28. The third-order valence-corrected chi connectivity index (χ3v) is 6.48. The molecular weight excluding hydrogens is 513 g/mol. The Balaban J connectivity index is 1.52. The van der Waals surface area contributed by atoms with Gasteiger partial charge in [0.25, 0.3) is 5.91 Å². The molecule has 1 N–H and O–H groups in total. The zero-order valence-corrected chi connectivity index (χ0v) is 21.0. The van der Waals surface area contributed by atoms with Crippen LogP contribution >= 0.6 is 46.6 Å². The van der Waals surface area contributed by atoms with Crippen molar-refractivity contribution < 1.29 is 4.79 Å². The Kier molecular flexibility index (Phi) is 7.90. The predicted octanol–water partition coefficient (Wildman–Crippen LogP) is 6.53. The van der Waals surface area contributed by atoms with E-state index in [1.54, 1.807) is 37.3 Å². The summed E-state index contributed by atoms with van der Waals surface area (Å²) < 4.78 is 1.89. The molecule has 1 amide bonds. The van der Waals surface area contributed by atoms with Crippen LogP contribution in [-0.2, 0) is 4.79 Å². The summed E-state index contributed by atoms with van der Waals surface area (Å²) in [5, 5.41) is 15.0. The Morgan fingerprint density at radius 3 is 2.38 bits per heavy atom. The van der Waals surface area contributed by atoms with Crippen molar-refractivity contribution in [3.05, 3.63) is 93.4 Å². The lowest BCUT2D eigenvalue weighted by Crippen LogP contribution is -2.21. The summed E-state index contributed by atoms with van der Waals surface area (Å²) in [5.74, 6) is 0.462. The molecule has 4 aromatic rings. The van der Waals surface area contributed by atoms with Gasteiger partial charge < -0.3 is 0 Å². The molecule has 34 heavy (non-hydrogen) atoms. The number of benzene rings is 3. The zero-order valence-electron chi connectivity index (χ0n) is 17.9. The molecule has 0 spiro atoms. The van der Waals surface area contributed by atoms with Crippen LogP contribution in [0.15, 0.2) is 83.1 Å². The van der Waals surface area contributed by atoms with Gasteiger partial charge in [-0.1, -0.05) is 83.0 Å². The Morgan fingerprint density at radius 1 is 0.971 bits per heavy atom. The van der Waals surface area contributed by atoms with E-state index >= 15 is 0 Å². The lowest BCUT2D eigenvalue weighted by atomic mass is 10.1. The standard InChI is InChI=1S/C24H18Cl3N5OS/c1-15(20-12-9-18(26)13-21(20)27)28-29-22(33)14-34-24-31-30-23(16-5-3-2-4-6-16)32(24)19-10-7-17(25)8-11-19/h2-13H,14H2,1H3,(H,29,33)/b28-15+. The summed E-state index contributed by atoms with van der Waals surface area (Å²) >= 11 is 19.5. The molecule has 0 aliphatic carbocycles. The monoisotopic (exact) mass is 529 g/mol. The van der Waals surface area contributed by atoms with Gasteiger partial charge in [0.05, 0.1) is 16.5 Å².